The predicted octanol–water partition coefficient (Wildman–Crippen LogP) is 5.00. The van der Waals surface area contributed by atoms with Gasteiger partial charge < -0.3 is 14.2 Å². The van der Waals surface area contributed by atoms with Crippen LogP contribution in [-0.2, 0) is 27.4 Å². The second-order valence-electron chi connectivity index (χ2n) is 7.47. The first-order valence-corrected chi connectivity index (χ1v) is 11.5. The molecule has 1 aromatic heterocycles. The van der Waals surface area contributed by atoms with E-state index in [1.165, 1.54) is 0 Å². The zero-order valence-electron chi connectivity index (χ0n) is 17.4. The van der Waals surface area contributed by atoms with E-state index in [1.807, 2.05) is 47.3 Å². The molecule has 2 aromatic carbocycles. The van der Waals surface area contributed by atoms with Gasteiger partial charge in [0.2, 0.25) is 0 Å². The normalized spacial score (nSPS) is 21.2. The van der Waals surface area contributed by atoms with Crippen molar-refractivity contribution in [1.82, 2.24) is 9.78 Å². The van der Waals surface area contributed by atoms with Crippen LogP contribution < -0.4 is 0 Å². The Morgan fingerprint density at radius 3 is 2.33 bits per heavy atom. The standard InChI is InChI=1S/C24H28N2O3S/c1-18-13-23(30-2)25-26(18)24-14-21(28-16-20-11-7-4-8-12-20)22(29-24)17-27-15-19-9-5-3-6-10-19/h3-13,21-22,24H,14-17H2,1-2H3/t21-,22+,24?/m0/s1. The Bertz CT molecular complexity index is 917. The maximum atomic E-state index is 6.37. The Labute approximate surface area is 182 Å². The van der Waals surface area contributed by atoms with Gasteiger partial charge in [0.25, 0.3) is 0 Å². The summed E-state index contributed by atoms with van der Waals surface area (Å²) in [5, 5.41) is 5.69. The Hall–Kier alpha value is -2.12. The molecule has 1 saturated heterocycles. The van der Waals surface area contributed by atoms with Crippen molar-refractivity contribution >= 4 is 11.8 Å². The van der Waals surface area contributed by atoms with Gasteiger partial charge in [0.05, 0.1) is 25.9 Å². The number of hydrogen-bond acceptors (Lipinski definition) is 5. The van der Waals surface area contributed by atoms with Gasteiger partial charge in [0, 0.05) is 12.1 Å². The van der Waals surface area contributed by atoms with Crippen LogP contribution in [0.4, 0.5) is 0 Å². The second kappa shape index (κ2) is 10.3. The lowest BCUT2D eigenvalue weighted by atomic mass is 10.1. The van der Waals surface area contributed by atoms with Crippen molar-refractivity contribution in [2.75, 3.05) is 12.9 Å². The van der Waals surface area contributed by atoms with E-state index in [4.69, 9.17) is 14.2 Å². The Kier molecular flexibility index (Phi) is 7.23. The number of nitrogens with zero attached hydrogens (tertiary/aromatic N) is 2. The second-order valence-corrected chi connectivity index (χ2v) is 8.30. The number of ether oxygens (including phenoxy) is 3. The first kappa shape index (κ1) is 21.1. The van der Waals surface area contributed by atoms with Crippen molar-refractivity contribution in [1.29, 1.82) is 0 Å². The lowest BCUT2D eigenvalue weighted by molar-refractivity contribution is -0.0849. The van der Waals surface area contributed by atoms with Crippen LogP contribution in [0.1, 0.15) is 29.5 Å². The summed E-state index contributed by atoms with van der Waals surface area (Å²) < 4.78 is 20.6. The average Bonchev–Trinajstić information content (AvgIpc) is 3.36. The van der Waals surface area contributed by atoms with Crippen LogP contribution in [0.15, 0.2) is 71.8 Å². The number of aryl methyl sites for hydroxylation is 1. The molecular weight excluding hydrogens is 396 g/mol. The molecule has 0 spiro atoms. The van der Waals surface area contributed by atoms with Crippen LogP contribution >= 0.6 is 11.8 Å². The minimum Gasteiger partial charge on any atom is -0.374 e. The Balaban J connectivity index is 1.41. The van der Waals surface area contributed by atoms with E-state index in [0.717, 1.165) is 28.3 Å². The number of rotatable bonds is 9. The average molecular weight is 425 g/mol. The fourth-order valence-electron chi connectivity index (χ4n) is 3.67. The van der Waals surface area contributed by atoms with Gasteiger partial charge in [-0.25, -0.2) is 4.68 Å². The molecule has 1 aliphatic heterocycles. The summed E-state index contributed by atoms with van der Waals surface area (Å²) in [5.41, 5.74) is 3.41. The molecule has 3 aromatic rings. The zero-order valence-corrected chi connectivity index (χ0v) is 18.3. The van der Waals surface area contributed by atoms with Gasteiger partial charge in [-0.1, -0.05) is 60.7 Å². The van der Waals surface area contributed by atoms with E-state index in [-0.39, 0.29) is 18.4 Å². The summed E-state index contributed by atoms with van der Waals surface area (Å²) in [5.74, 6) is 0. The molecule has 3 atom stereocenters. The highest BCUT2D eigenvalue weighted by atomic mass is 32.2. The van der Waals surface area contributed by atoms with Gasteiger partial charge in [-0.2, -0.15) is 5.10 Å². The highest BCUT2D eigenvalue weighted by Crippen LogP contribution is 2.33. The molecule has 0 bridgehead atoms. The van der Waals surface area contributed by atoms with Crippen LogP contribution in [-0.4, -0.2) is 34.9 Å². The number of thioether (sulfide) groups is 1. The van der Waals surface area contributed by atoms with E-state index in [1.54, 1.807) is 11.8 Å². The molecule has 6 heteroatoms. The molecule has 30 heavy (non-hydrogen) atoms. The molecule has 0 N–H and O–H groups in total. The minimum absolute atomic E-state index is 0.0488. The van der Waals surface area contributed by atoms with E-state index in [0.29, 0.717) is 19.8 Å². The van der Waals surface area contributed by atoms with Gasteiger partial charge >= 0.3 is 0 Å². The van der Waals surface area contributed by atoms with Crippen molar-refractivity contribution in [2.24, 2.45) is 0 Å². The Morgan fingerprint density at radius 1 is 1.03 bits per heavy atom. The molecule has 5 nitrogen and oxygen atoms in total. The van der Waals surface area contributed by atoms with Crippen LogP contribution in [0.3, 0.4) is 0 Å². The van der Waals surface area contributed by atoms with Gasteiger partial charge in [-0.3, -0.25) is 0 Å². The summed E-state index contributed by atoms with van der Waals surface area (Å²) in [4.78, 5) is 0. The minimum atomic E-state index is -0.142. The topological polar surface area (TPSA) is 45.5 Å². The third-order valence-electron chi connectivity index (χ3n) is 5.26. The lowest BCUT2D eigenvalue weighted by Crippen LogP contribution is -2.29. The molecule has 158 valence electrons. The van der Waals surface area contributed by atoms with Crippen LogP contribution in [0.2, 0.25) is 0 Å². The zero-order chi connectivity index (χ0) is 20.8. The van der Waals surface area contributed by atoms with E-state index >= 15 is 0 Å². The molecule has 1 unspecified atom stereocenters. The maximum absolute atomic E-state index is 6.37. The molecule has 0 amide bonds. The first-order chi connectivity index (χ1) is 14.7. The summed E-state index contributed by atoms with van der Waals surface area (Å²) in [7, 11) is 0. The molecule has 4 rings (SSSR count). The van der Waals surface area contributed by atoms with Gasteiger partial charge in [-0.05, 0) is 30.4 Å². The SMILES string of the molecule is CSc1cc(C)n(C2C[C@H](OCc3ccccc3)[C@@H](COCc3ccccc3)O2)n1. The van der Waals surface area contributed by atoms with Crippen molar-refractivity contribution < 1.29 is 14.2 Å². The third-order valence-corrected chi connectivity index (χ3v) is 5.88. The predicted molar refractivity (Wildman–Crippen MR) is 118 cm³/mol. The van der Waals surface area contributed by atoms with Crippen molar-refractivity contribution in [3.05, 3.63) is 83.6 Å². The van der Waals surface area contributed by atoms with Crippen LogP contribution in [0.5, 0.6) is 0 Å². The first-order valence-electron chi connectivity index (χ1n) is 10.3. The molecule has 0 aliphatic carbocycles. The monoisotopic (exact) mass is 424 g/mol. The van der Waals surface area contributed by atoms with Crippen LogP contribution in [0, 0.1) is 6.92 Å². The fraction of sp³-hybridized carbons (Fsp3) is 0.375. The molecule has 0 saturated carbocycles. The Morgan fingerprint density at radius 2 is 1.70 bits per heavy atom. The van der Waals surface area contributed by atoms with E-state index in [9.17, 15) is 0 Å². The van der Waals surface area contributed by atoms with Crippen molar-refractivity contribution in [3.63, 3.8) is 0 Å². The van der Waals surface area contributed by atoms with Crippen molar-refractivity contribution in [2.45, 2.75) is 50.0 Å². The maximum Gasteiger partial charge on any atom is 0.153 e. The smallest absolute Gasteiger partial charge is 0.153 e. The van der Waals surface area contributed by atoms with E-state index < -0.39 is 0 Å². The summed E-state index contributed by atoms with van der Waals surface area (Å²) >= 11 is 1.64. The quantitative estimate of drug-likeness (QED) is 0.452. The largest absolute Gasteiger partial charge is 0.374 e. The summed E-state index contributed by atoms with van der Waals surface area (Å²) in [6.07, 6.45) is 2.46. The number of aromatic nitrogens is 2. The highest BCUT2D eigenvalue weighted by Gasteiger charge is 2.38. The van der Waals surface area contributed by atoms with Gasteiger partial charge in [0.1, 0.15) is 11.1 Å². The summed E-state index contributed by atoms with van der Waals surface area (Å²) in [6.45, 7) is 3.68. The molecule has 2 heterocycles. The third kappa shape index (κ3) is 5.32. The van der Waals surface area contributed by atoms with Crippen LogP contribution in [0.25, 0.3) is 0 Å². The molecular formula is C24H28N2O3S. The lowest BCUT2D eigenvalue weighted by Gasteiger charge is -2.19. The fourth-order valence-corrected chi connectivity index (χ4v) is 4.13. The molecule has 1 aliphatic rings. The molecule has 0 radical (unpaired) electrons. The van der Waals surface area contributed by atoms with Gasteiger partial charge in [-0.15, -0.1) is 11.8 Å². The van der Waals surface area contributed by atoms with E-state index in [2.05, 4.69) is 42.4 Å². The number of benzene rings is 2. The summed E-state index contributed by atoms with van der Waals surface area (Å²) in [6, 6.07) is 22.5. The van der Waals surface area contributed by atoms with Gasteiger partial charge in [0.15, 0.2) is 6.23 Å². The van der Waals surface area contributed by atoms with Crippen molar-refractivity contribution in [3.8, 4) is 0 Å². The molecule has 1 fully saturated rings. The number of hydrogen-bond donors (Lipinski definition) is 0. The highest BCUT2D eigenvalue weighted by molar-refractivity contribution is 7.98.